The molecule has 0 radical (unpaired) electrons. The standard InChI is InChI=1S/C15H19NO3S/c1-3-10-16-14(17)11-19-15(18)9-6-12-4-7-13(20-2)8-5-12/h4-9H,3,10-11H2,1-2H3,(H,16,17)/b9-6+. The molecule has 5 heteroatoms. The van der Waals surface area contributed by atoms with E-state index in [1.54, 1.807) is 17.8 Å². The van der Waals surface area contributed by atoms with E-state index in [1.165, 1.54) is 6.08 Å². The van der Waals surface area contributed by atoms with Crippen LogP contribution in [0, 0.1) is 0 Å². The van der Waals surface area contributed by atoms with Crippen LogP contribution >= 0.6 is 11.8 Å². The minimum absolute atomic E-state index is 0.241. The van der Waals surface area contributed by atoms with Gasteiger partial charge in [0.15, 0.2) is 6.61 Å². The molecular formula is C15H19NO3S. The van der Waals surface area contributed by atoms with Gasteiger partial charge in [0, 0.05) is 17.5 Å². The average molecular weight is 293 g/mol. The first-order valence-electron chi connectivity index (χ1n) is 6.41. The number of benzene rings is 1. The number of amides is 1. The highest BCUT2D eigenvalue weighted by Crippen LogP contribution is 2.15. The van der Waals surface area contributed by atoms with Crippen LogP contribution < -0.4 is 5.32 Å². The van der Waals surface area contributed by atoms with Gasteiger partial charge in [-0.2, -0.15) is 0 Å². The predicted molar refractivity (Wildman–Crippen MR) is 81.5 cm³/mol. The van der Waals surface area contributed by atoms with Crippen LogP contribution in [0.5, 0.6) is 0 Å². The third-order valence-corrected chi connectivity index (χ3v) is 3.19. The number of thioether (sulfide) groups is 1. The molecule has 20 heavy (non-hydrogen) atoms. The van der Waals surface area contributed by atoms with Crippen LogP contribution in [0.3, 0.4) is 0 Å². The molecule has 0 heterocycles. The Kier molecular flexibility index (Phi) is 7.50. The molecule has 1 aromatic rings. The number of hydrogen-bond donors (Lipinski definition) is 1. The Hall–Kier alpha value is -1.75. The summed E-state index contributed by atoms with van der Waals surface area (Å²) < 4.78 is 4.83. The quantitative estimate of drug-likeness (QED) is 0.477. The summed E-state index contributed by atoms with van der Waals surface area (Å²) in [6.07, 6.45) is 5.84. The molecule has 0 fully saturated rings. The summed E-state index contributed by atoms with van der Waals surface area (Å²) in [5.74, 6) is -0.802. The van der Waals surface area contributed by atoms with Crippen LogP contribution in [0.2, 0.25) is 0 Å². The maximum Gasteiger partial charge on any atom is 0.331 e. The van der Waals surface area contributed by atoms with Gasteiger partial charge in [-0.15, -0.1) is 11.8 Å². The van der Waals surface area contributed by atoms with Crippen molar-refractivity contribution in [3.8, 4) is 0 Å². The minimum Gasteiger partial charge on any atom is -0.452 e. The van der Waals surface area contributed by atoms with Crippen LogP contribution in [0.15, 0.2) is 35.2 Å². The van der Waals surface area contributed by atoms with Crippen molar-refractivity contribution in [2.45, 2.75) is 18.2 Å². The van der Waals surface area contributed by atoms with Gasteiger partial charge in [0.05, 0.1) is 0 Å². The Balaban J connectivity index is 2.37. The molecule has 0 atom stereocenters. The topological polar surface area (TPSA) is 55.4 Å². The van der Waals surface area contributed by atoms with Crippen molar-refractivity contribution in [2.24, 2.45) is 0 Å². The van der Waals surface area contributed by atoms with E-state index in [4.69, 9.17) is 4.74 Å². The molecule has 1 N–H and O–H groups in total. The fourth-order valence-electron chi connectivity index (χ4n) is 1.38. The maximum absolute atomic E-state index is 11.4. The van der Waals surface area contributed by atoms with E-state index in [0.717, 1.165) is 16.9 Å². The second-order valence-electron chi connectivity index (χ2n) is 4.06. The molecule has 0 unspecified atom stereocenters. The van der Waals surface area contributed by atoms with Gasteiger partial charge in [-0.25, -0.2) is 4.79 Å². The summed E-state index contributed by atoms with van der Waals surface area (Å²) in [6, 6.07) is 7.80. The van der Waals surface area contributed by atoms with E-state index in [0.29, 0.717) is 6.54 Å². The summed E-state index contributed by atoms with van der Waals surface area (Å²) in [5.41, 5.74) is 0.912. The van der Waals surface area contributed by atoms with Gasteiger partial charge in [-0.3, -0.25) is 4.79 Å². The molecule has 4 nitrogen and oxygen atoms in total. The van der Waals surface area contributed by atoms with Gasteiger partial charge in [0.25, 0.3) is 5.91 Å². The molecule has 1 amide bonds. The fraction of sp³-hybridized carbons (Fsp3) is 0.333. The number of esters is 1. The van der Waals surface area contributed by atoms with Gasteiger partial charge >= 0.3 is 5.97 Å². The number of hydrogen-bond acceptors (Lipinski definition) is 4. The number of carbonyl (C=O) groups is 2. The summed E-state index contributed by atoms with van der Waals surface area (Å²) in [6.45, 7) is 2.31. The predicted octanol–water partition coefficient (Wildman–Crippen LogP) is 2.49. The van der Waals surface area contributed by atoms with Crippen molar-refractivity contribution in [2.75, 3.05) is 19.4 Å². The van der Waals surface area contributed by atoms with Crippen molar-refractivity contribution in [3.05, 3.63) is 35.9 Å². The third kappa shape index (κ3) is 6.43. The molecule has 1 rings (SSSR count). The molecular weight excluding hydrogens is 274 g/mol. The third-order valence-electron chi connectivity index (χ3n) is 2.45. The average Bonchev–Trinajstić information content (AvgIpc) is 2.49. The molecule has 0 aliphatic heterocycles. The molecule has 0 aliphatic rings. The molecule has 0 saturated heterocycles. The highest BCUT2D eigenvalue weighted by Gasteiger charge is 2.03. The summed E-state index contributed by atoms with van der Waals surface area (Å²) in [5, 5.41) is 2.63. The fourth-order valence-corrected chi connectivity index (χ4v) is 1.79. The Morgan fingerprint density at radius 1 is 1.30 bits per heavy atom. The molecule has 0 aliphatic carbocycles. The summed E-state index contributed by atoms with van der Waals surface area (Å²) in [4.78, 5) is 23.8. The maximum atomic E-state index is 11.4. The van der Waals surface area contributed by atoms with E-state index < -0.39 is 5.97 Å². The lowest BCUT2D eigenvalue weighted by Crippen LogP contribution is -2.28. The van der Waals surface area contributed by atoms with Crippen molar-refractivity contribution in [1.29, 1.82) is 0 Å². The second kappa shape index (κ2) is 9.20. The molecule has 0 aromatic heterocycles. The highest BCUT2D eigenvalue weighted by atomic mass is 32.2. The number of rotatable bonds is 7. The molecule has 108 valence electrons. The van der Waals surface area contributed by atoms with Crippen molar-refractivity contribution in [3.63, 3.8) is 0 Å². The largest absolute Gasteiger partial charge is 0.452 e. The van der Waals surface area contributed by atoms with Gasteiger partial charge in [-0.05, 0) is 36.4 Å². The van der Waals surface area contributed by atoms with E-state index in [9.17, 15) is 9.59 Å². The van der Waals surface area contributed by atoms with E-state index in [-0.39, 0.29) is 12.5 Å². The molecule has 0 saturated carbocycles. The van der Waals surface area contributed by atoms with Gasteiger partial charge in [0.2, 0.25) is 0 Å². The Bertz CT molecular complexity index is 469. The first-order valence-corrected chi connectivity index (χ1v) is 7.63. The van der Waals surface area contributed by atoms with Crippen molar-refractivity contribution in [1.82, 2.24) is 5.32 Å². The van der Waals surface area contributed by atoms with Gasteiger partial charge < -0.3 is 10.1 Å². The molecule has 0 bridgehead atoms. The zero-order valence-corrected chi connectivity index (χ0v) is 12.5. The molecule has 1 aromatic carbocycles. The minimum atomic E-state index is -0.523. The first-order chi connectivity index (χ1) is 9.65. The van der Waals surface area contributed by atoms with Crippen molar-refractivity contribution < 1.29 is 14.3 Å². The van der Waals surface area contributed by atoms with Gasteiger partial charge in [-0.1, -0.05) is 19.1 Å². The SMILES string of the molecule is CCCNC(=O)COC(=O)/C=C/c1ccc(SC)cc1. The Morgan fingerprint density at radius 3 is 2.60 bits per heavy atom. The van der Waals surface area contributed by atoms with Crippen LogP contribution in [0.1, 0.15) is 18.9 Å². The summed E-state index contributed by atoms with van der Waals surface area (Å²) >= 11 is 1.66. The van der Waals surface area contributed by atoms with E-state index in [1.807, 2.05) is 37.4 Å². The number of carbonyl (C=O) groups excluding carboxylic acids is 2. The Morgan fingerprint density at radius 2 is 2.00 bits per heavy atom. The van der Waals surface area contributed by atoms with Crippen LogP contribution in [-0.4, -0.2) is 31.3 Å². The summed E-state index contributed by atoms with van der Waals surface area (Å²) in [7, 11) is 0. The molecule has 0 spiro atoms. The smallest absolute Gasteiger partial charge is 0.331 e. The Labute approximate surface area is 123 Å². The van der Waals surface area contributed by atoms with Crippen LogP contribution in [0.25, 0.3) is 6.08 Å². The van der Waals surface area contributed by atoms with Gasteiger partial charge in [0.1, 0.15) is 0 Å². The zero-order chi connectivity index (χ0) is 14.8. The number of nitrogens with one attached hydrogen (secondary N) is 1. The van der Waals surface area contributed by atoms with E-state index in [2.05, 4.69) is 5.32 Å². The van der Waals surface area contributed by atoms with Crippen LogP contribution in [0.4, 0.5) is 0 Å². The monoisotopic (exact) mass is 293 g/mol. The lowest BCUT2D eigenvalue weighted by molar-refractivity contribution is -0.143. The second-order valence-corrected chi connectivity index (χ2v) is 4.94. The highest BCUT2D eigenvalue weighted by molar-refractivity contribution is 7.98. The zero-order valence-electron chi connectivity index (χ0n) is 11.7. The lowest BCUT2D eigenvalue weighted by atomic mass is 10.2. The normalized spacial score (nSPS) is 10.5. The van der Waals surface area contributed by atoms with E-state index >= 15 is 0 Å². The number of ether oxygens (including phenoxy) is 1. The van der Waals surface area contributed by atoms with Crippen LogP contribution in [-0.2, 0) is 14.3 Å². The first kappa shape index (κ1) is 16.3. The lowest BCUT2D eigenvalue weighted by Gasteiger charge is -2.03. The van der Waals surface area contributed by atoms with Crippen molar-refractivity contribution >= 4 is 29.7 Å².